The van der Waals surface area contributed by atoms with E-state index >= 15 is 0 Å². The number of nitrogen functional groups attached to an aromatic ring is 1. The number of nitrogens with zero attached hydrogens (tertiary/aromatic N) is 4. The van der Waals surface area contributed by atoms with Crippen LogP contribution in [0.2, 0.25) is 5.15 Å². The number of aromatic nitrogens is 3. The number of nitriles is 1. The molecule has 1 fully saturated rings. The highest BCUT2D eigenvalue weighted by Gasteiger charge is 2.23. The van der Waals surface area contributed by atoms with E-state index in [1.54, 1.807) is 6.07 Å². The van der Waals surface area contributed by atoms with Crippen molar-refractivity contribution < 1.29 is 0 Å². The number of halogens is 1. The van der Waals surface area contributed by atoms with E-state index in [4.69, 9.17) is 22.6 Å². The fourth-order valence-electron chi connectivity index (χ4n) is 2.67. The van der Waals surface area contributed by atoms with Crippen molar-refractivity contribution in [1.82, 2.24) is 15.2 Å². The fourth-order valence-corrected chi connectivity index (χ4v) is 2.86. The molecule has 0 radical (unpaired) electrons. The van der Waals surface area contributed by atoms with Gasteiger partial charge < -0.3 is 10.6 Å². The number of hydrogen-bond acceptors (Lipinski definition) is 5. The highest BCUT2D eigenvalue weighted by atomic mass is 35.5. The summed E-state index contributed by atoms with van der Waals surface area (Å²) >= 11 is 5.99. The summed E-state index contributed by atoms with van der Waals surface area (Å²) in [5.41, 5.74) is 7.14. The predicted octanol–water partition coefficient (Wildman–Crippen LogP) is 2.30. The second kappa shape index (κ2) is 5.62. The Morgan fingerprint density at radius 3 is 2.71 bits per heavy atom. The first-order chi connectivity index (χ1) is 10.2. The third-order valence-electron chi connectivity index (χ3n) is 3.83. The van der Waals surface area contributed by atoms with Crippen LogP contribution in [0.1, 0.15) is 30.0 Å². The number of pyridine rings is 1. The molecule has 0 amide bonds. The molecular formula is C14H15ClN6. The van der Waals surface area contributed by atoms with Gasteiger partial charge in [0.05, 0.1) is 5.56 Å². The number of H-pyrrole nitrogens is 1. The molecule has 21 heavy (non-hydrogen) atoms. The van der Waals surface area contributed by atoms with E-state index in [9.17, 15) is 0 Å². The van der Waals surface area contributed by atoms with E-state index < -0.39 is 0 Å². The first kappa shape index (κ1) is 13.7. The van der Waals surface area contributed by atoms with Gasteiger partial charge >= 0.3 is 0 Å². The highest BCUT2D eigenvalue weighted by molar-refractivity contribution is 6.30. The van der Waals surface area contributed by atoms with Crippen molar-refractivity contribution in [2.45, 2.75) is 18.8 Å². The number of piperidine rings is 1. The molecule has 0 aromatic carbocycles. The van der Waals surface area contributed by atoms with Crippen LogP contribution in [0.15, 0.2) is 18.2 Å². The van der Waals surface area contributed by atoms with Gasteiger partial charge in [-0.3, -0.25) is 5.10 Å². The van der Waals surface area contributed by atoms with Gasteiger partial charge in [0.15, 0.2) is 0 Å². The summed E-state index contributed by atoms with van der Waals surface area (Å²) in [6.45, 7) is 1.78. The Morgan fingerprint density at radius 2 is 2.14 bits per heavy atom. The van der Waals surface area contributed by atoms with Crippen molar-refractivity contribution in [2.75, 3.05) is 23.7 Å². The third kappa shape index (κ3) is 2.78. The maximum Gasteiger partial charge on any atom is 0.149 e. The van der Waals surface area contributed by atoms with Gasteiger partial charge in [-0.2, -0.15) is 10.4 Å². The number of anilines is 2. The Labute approximate surface area is 127 Å². The Hall–Kier alpha value is -2.26. The lowest BCUT2D eigenvalue weighted by molar-refractivity contribution is 0.493. The molecule has 0 bridgehead atoms. The molecule has 0 spiro atoms. The normalized spacial score (nSPS) is 15.9. The van der Waals surface area contributed by atoms with Crippen LogP contribution in [0.5, 0.6) is 0 Å². The standard InChI is InChI=1S/C14H15ClN6/c15-14-10(8-16)1-2-13(18-14)21-5-3-9(4-6-21)11-7-12(17)20-19-11/h1-2,7,9H,3-6H2,(H3,17,19,20). The van der Waals surface area contributed by atoms with Crippen LogP contribution in [0.4, 0.5) is 11.6 Å². The zero-order valence-electron chi connectivity index (χ0n) is 11.4. The maximum atomic E-state index is 8.87. The average Bonchev–Trinajstić information content (AvgIpc) is 2.94. The molecule has 0 saturated carbocycles. The lowest BCUT2D eigenvalue weighted by Crippen LogP contribution is -2.33. The van der Waals surface area contributed by atoms with Crippen LogP contribution in [-0.4, -0.2) is 28.3 Å². The van der Waals surface area contributed by atoms with Gasteiger partial charge in [-0.15, -0.1) is 0 Å². The molecule has 1 aliphatic rings. The van der Waals surface area contributed by atoms with E-state index in [0.29, 0.717) is 17.3 Å². The quantitative estimate of drug-likeness (QED) is 0.830. The summed E-state index contributed by atoms with van der Waals surface area (Å²) in [6.07, 6.45) is 2.00. The molecule has 108 valence electrons. The van der Waals surface area contributed by atoms with Crippen molar-refractivity contribution in [3.63, 3.8) is 0 Å². The molecular weight excluding hydrogens is 288 g/mol. The van der Waals surface area contributed by atoms with Crippen molar-refractivity contribution >= 4 is 23.2 Å². The molecule has 0 aliphatic carbocycles. The molecule has 2 aromatic rings. The van der Waals surface area contributed by atoms with Crippen molar-refractivity contribution in [2.24, 2.45) is 0 Å². The molecule has 0 unspecified atom stereocenters. The van der Waals surface area contributed by atoms with Crippen LogP contribution < -0.4 is 10.6 Å². The van der Waals surface area contributed by atoms with Gasteiger partial charge in [0, 0.05) is 30.8 Å². The highest BCUT2D eigenvalue weighted by Crippen LogP contribution is 2.30. The lowest BCUT2D eigenvalue weighted by Gasteiger charge is -2.32. The SMILES string of the molecule is N#Cc1ccc(N2CCC(c3cc(N)n[nH]3)CC2)nc1Cl. The summed E-state index contributed by atoms with van der Waals surface area (Å²) in [5, 5.41) is 16.1. The Bertz CT molecular complexity index is 681. The van der Waals surface area contributed by atoms with E-state index in [-0.39, 0.29) is 5.15 Å². The van der Waals surface area contributed by atoms with Crippen LogP contribution in [0.25, 0.3) is 0 Å². The van der Waals surface area contributed by atoms with Crippen LogP contribution in [0.3, 0.4) is 0 Å². The van der Waals surface area contributed by atoms with E-state index in [2.05, 4.69) is 20.1 Å². The second-order valence-electron chi connectivity index (χ2n) is 5.13. The average molecular weight is 303 g/mol. The topological polar surface area (TPSA) is 94.6 Å². The van der Waals surface area contributed by atoms with Gasteiger partial charge in [0.25, 0.3) is 0 Å². The lowest BCUT2D eigenvalue weighted by atomic mass is 9.93. The predicted molar refractivity (Wildman–Crippen MR) is 81.2 cm³/mol. The van der Waals surface area contributed by atoms with Gasteiger partial charge in [-0.25, -0.2) is 4.98 Å². The maximum absolute atomic E-state index is 8.87. The fraction of sp³-hybridized carbons (Fsp3) is 0.357. The minimum absolute atomic E-state index is 0.262. The van der Waals surface area contributed by atoms with E-state index in [1.165, 1.54) is 0 Å². The Morgan fingerprint density at radius 1 is 1.38 bits per heavy atom. The van der Waals surface area contributed by atoms with Gasteiger partial charge in [0.1, 0.15) is 22.9 Å². The molecule has 6 nitrogen and oxygen atoms in total. The summed E-state index contributed by atoms with van der Waals surface area (Å²) in [6, 6.07) is 7.48. The van der Waals surface area contributed by atoms with Crippen molar-refractivity contribution in [3.05, 3.63) is 34.6 Å². The number of hydrogen-bond donors (Lipinski definition) is 2. The molecule has 0 atom stereocenters. The van der Waals surface area contributed by atoms with Crippen LogP contribution in [-0.2, 0) is 0 Å². The number of nitrogens with one attached hydrogen (secondary N) is 1. The Balaban J connectivity index is 1.68. The summed E-state index contributed by atoms with van der Waals surface area (Å²) in [4.78, 5) is 6.48. The first-order valence-corrected chi connectivity index (χ1v) is 7.17. The summed E-state index contributed by atoms with van der Waals surface area (Å²) in [7, 11) is 0. The smallest absolute Gasteiger partial charge is 0.149 e. The zero-order chi connectivity index (χ0) is 14.8. The third-order valence-corrected chi connectivity index (χ3v) is 4.12. The van der Waals surface area contributed by atoms with Crippen molar-refractivity contribution in [3.8, 4) is 6.07 Å². The van der Waals surface area contributed by atoms with Crippen LogP contribution >= 0.6 is 11.6 Å². The molecule has 2 aromatic heterocycles. The summed E-state index contributed by atoms with van der Waals surface area (Å²) in [5.74, 6) is 1.80. The van der Waals surface area contributed by atoms with E-state index in [1.807, 2.05) is 18.2 Å². The molecule has 3 heterocycles. The minimum Gasteiger partial charge on any atom is -0.382 e. The largest absolute Gasteiger partial charge is 0.382 e. The minimum atomic E-state index is 0.262. The number of aromatic amines is 1. The summed E-state index contributed by atoms with van der Waals surface area (Å²) < 4.78 is 0. The monoisotopic (exact) mass is 302 g/mol. The second-order valence-corrected chi connectivity index (χ2v) is 5.49. The Kier molecular flexibility index (Phi) is 3.67. The molecule has 7 heteroatoms. The zero-order valence-corrected chi connectivity index (χ0v) is 12.1. The van der Waals surface area contributed by atoms with Crippen LogP contribution in [0, 0.1) is 11.3 Å². The van der Waals surface area contributed by atoms with Crippen molar-refractivity contribution in [1.29, 1.82) is 5.26 Å². The van der Waals surface area contributed by atoms with E-state index in [0.717, 1.165) is 37.4 Å². The molecule has 1 aliphatic heterocycles. The molecule has 1 saturated heterocycles. The van der Waals surface area contributed by atoms with Gasteiger partial charge in [-0.1, -0.05) is 11.6 Å². The molecule has 3 N–H and O–H groups in total. The molecule has 3 rings (SSSR count). The van der Waals surface area contributed by atoms with Gasteiger partial charge in [0.2, 0.25) is 0 Å². The number of nitrogens with two attached hydrogens (primary N) is 1. The number of rotatable bonds is 2. The van der Waals surface area contributed by atoms with Gasteiger partial charge in [-0.05, 0) is 25.0 Å². The first-order valence-electron chi connectivity index (χ1n) is 6.79.